The molecule has 2 aromatic heterocycles. The van der Waals surface area contributed by atoms with Crippen LogP contribution in [0.25, 0.3) is 11.4 Å². The van der Waals surface area contributed by atoms with E-state index in [1.54, 1.807) is 25.2 Å². The summed E-state index contributed by atoms with van der Waals surface area (Å²) in [6.07, 6.45) is 5.17. The van der Waals surface area contributed by atoms with Crippen molar-refractivity contribution in [2.45, 2.75) is 30.2 Å². The standard InChI is InChI=1S/C15H18N4O2S/c1-19(2)12(20)9-22-15-11(7-4-8-16-15)13-17-14(21-18-13)10-5-3-6-10/h4,7-8,10H,3,5-6,9H2,1-2H3. The Morgan fingerprint density at radius 2 is 2.27 bits per heavy atom. The van der Waals surface area contributed by atoms with E-state index in [0.29, 0.717) is 23.4 Å². The molecule has 2 heterocycles. The van der Waals surface area contributed by atoms with Crippen LogP contribution in [-0.4, -0.2) is 45.8 Å². The van der Waals surface area contributed by atoms with Gasteiger partial charge in [0.05, 0.1) is 11.3 Å². The Morgan fingerprint density at radius 1 is 1.45 bits per heavy atom. The third kappa shape index (κ3) is 3.14. The monoisotopic (exact) mass is 318 g/mol. The van der Waals surface area contributed by atoms with Crippen molar-refractivity contribution in [3.8, 4) is 11.4 Å². The maximum Gasteiger partial charge on any atom is 0.232 e. The summed E-state index contributed by atoms with van der Waals surface area (Å²) in [4.78, 5) is 22.1. The summed E-state index contributed by atoms with van der Waals surface area (Å²) >= 11 is 1.39. The second kappa shape index (κ2) is 6.48. The van der Waals surface area contributed by atoms with Crippen molar-refractivity contribution >= 4 is 17.7 Å². The van der Waals surface area contributed by atoms with Gasteiger partial charge in [-0.3, -0.25) is 4.79 Å². The zero-order valence-corrected chi connectivity index (χ0v) is 13.5. The van der Waals surface area contributed by atoms with E-state index in [9.17, 15) is 4.79 Å². The van der Waals surface area contributed by atoms with Crippen molar-refractivity contribution in [1.82, 2.24) is 20.0 Å². The highest BCUT2D eigenvalue weighted by Crippen LogP contribution is 2.36. The summed E-state index contributed by atoms with van der Waals surface area (Å²) in [5, 5.41) is 4.83. The fraction of sp³-hybridized carbons (Fsp3) is 0.467. The molecule has 1 aliphatic rings. The van der Waals surface area contributed by atoms with Gasteiger partial charge in [0.15, 0.2) is 0 Å². The maximum atomic E-state index is 11.7. The van der Waals surface area contributed by atoms with E-state index in [0.717, 1.165) is 23.4 Å². The molecule has 3 rings (SSSR count). The Morgan fingerprint density at radius 3 is 2.95 bits per heavy atom. The van der Waals surface area contributed by atoms with Crippen LogP contribution >= 0.6 is 11.8 Å². The Labute approximate surface area is 133 Å². The van der Waals surface area contributed by atoms with Gasteiger partial charge in [-0.2, -0.15) is 4.98 Å². The quantitative estimate of drug-likeness (QED) is 0.789. The minimum absolute atomic E-state index is 0.0462. The summed E-state index contributed by atoms with van der Waals surface area (Å²) in [7, 11) is 3.48. The molecule has 22 heavy (non-hydrogen) atoms. The van der Waals surface area contributed by atoms with E-state index in [4.69, 9.17) is 4.52 Å². The molecule has 1 fully saturated rings. The molecule has 2 aromatic rings. The number of amides is 1. The van der Waals surface area contributed by atoms with Gasteiger partial charge in [-0.25, -0.2) is 4.98 Å². The molecule has 7 heteroatoms. The molecule has 0 saturated heterocycles. The van der Waals surface area contributed by atoms with Crippen LogP contribution in [0.15, 0.2) is 27.9 Å². The Balaban J connectivity index is 1.78. The second-order valence-corrected chi connectivity index (χ2v) is 6.48. The first-order valence-corrected chi connectivity index (χ1v) is 8.25. The van der Waals surface area contributed by atoms with Gasteiger partial charge < -0.3 is 9.42 Å². The molecule has 0 N–H and O–H groups in total. The van der Waals surface area contributed by atoms with Crippen LogP contribution in [0.4, 0.5) is 0 Å². The number of hydrogen-bond donors (Lipinski definition) is 0. The second-order valence-electron chi connectivity index (χ2n) is 5.52. The first kappa shape index (κ1) is 15.0. The average molecular weight is 318 g/mol. The molecule has 1 aliphatic carbocycles. The molecule has 6 nitrogen and oxygen atoms in total. The van der Waals surface area contributed by atoms with Gasteiger partial charge >= 0.3 is 0 Å². The number of nitrogens with zero attached hydrogens (tertiary/aromatic N) is 4. The molecule has 116 valence electrons. The summed E-state index contributed by atoms with van der Waals surface area (Å²) in [5.41, 5.74) is 0.813. The van der Waals surface area contributed by atoms with E-state index in [1.165, 1.54) is 18.2 Å². The average Bonchev–Trinajstić information content (AvgIpc) is 2.92. The lowest BCUT2D eigenvalue weighted by Crippen LogP contribution is -2.23. The number of pyridine rings is 1. The van der Waals surface area contributed by atoms with Crippen LogP contribution in [-0.2, 0) is 4.79 Å². The Kier molecular flexibility index (Phi) is 4.42. The maximum absolute atomic E-state index is 11.7. The van der Waals surface area contributed by atoms with Gasteiger partial charge in [0.25, 0.3) is 0 Å². The van der Waals surface area contributed by atoms with Crippen LogP contribution < -0.4 is 0 Å². The van der Waals surface area contributed by atoms with Gasteiger partial charge in [0, 0.05) is 26.2 Å². The molecule has 0 radical (unpaired) electrons. The number of aromatic nitrogens is 3. The lowest BCUT2D eigenvalue weighted by Gasteiger charge is -2.20. The summed E-state index contributed by atoms with van der Waals surface area (Å²) in [6.45, 7) is 0. The van der Waals surface area contributed by atoms with Gasteiger partial charge in [0.2, 0.25) is 17.6 Å². The lowest BCUT2D eigenvalue weighted by atomic mass is 9.85. The minimum atomic E-state index is 0.0462. The largest absolute Gasteiger partial charge is 0.348 e. The number of rotatable bonds is 5. The summed E-state index contributed by atoms with van der Waals surface area (Å²) < 4.78 is 5.37. The fourth-order valence-corrected chi connectivity index (χ4v) is 3.07. The van der Waals surface area contributed by atoms with Gasteiger partial charge in [0.1, 0.15) is 5.03 Å². The molecule has 0 bridgehead atoms. The highest BCUT2D eigenvalue weighted by atomic mass is 32.2. The van der Waals surface area contributed by atoms with Crippen molar-refractivity contribution in [3.63, 3.8) is 0 Å². The van der Waals surface area contributed by atoms with Crippen molar-refractivity contribution in [2.75, 3.05) is 19.8 Å². The van der Waals surface area contributed by atoms with Crippen LogP contribution in [0.5, 0.6) is 0 Å². The first-order valence-electron chi connectivity index (χ1n) is 7.27. The third-order valence-corrected chi connectivity index (χ3v) is 4.73. The smallest absolute Gasteiger partial charge is 0.232 e. The van der Waals surface area contributed by atoms with E-state index in [-0.39, 0.29) is 5.91 Å². The van der Waals surface area contributed by atoms with Crippen LogP contribution in [0.3, 0.4) is 0 Å². The van der Waals surface area contributed by atoms with Gasteiger partial charge in [-0.1, -0.05) is 23.3 Å². The molecular formula is C15H18N4O2S. The fourth-order valence-electron chi connectivity index (χ4n) is 2.10. The zero-order chi connectivity index (χ0) is 15.5. The molecule has 1 amide bonds. The van der Waals surface area contributed by atoms with Crippen LogP contribution in [0.1, 0.15) is 31.1 Å². The third-order valence-electron chi connectivity index (χ3n) is 3.74. The topological polar surface area (TPSA) is 72.1 Å². The normalized spacial score (nSPS) is 14.6. The van der Waals surface area contributed by atoms with Crippen molar-refractivity contribution in [2.24, 2.45) is 0 Å². The molecule has 0 atom stereocenters. The van der Waals surface area contributed by atoms with Crippen LogP contribution in [0.2, 0.25) is 0 Å². The molecular weight excluding hydrogens is 300 g/mol. The lowest BCUT2D eigenvalue weighted by molar-refractivity contribution is -0.125. The highest BCUT2D eigenvalue weighted by Gasteiger charge is 2.26. The van der Waals surface area contributed by atoms with Crippen molar-refractivity contribution < 1.29 is 9.32 Å². The molecule has 0 unspecified atom stereocenters. The van der Waals surface area contributed by atoms with Gasteiger partial charge in [-0.15, -0.1) is 0 Å². The van der Waals surface area contributed by atoms with E-state index in [1.807, 2.05) is 12.1 Å². The van der Waals surface area contributed by atoms with Gasteiger partial charge in [-0.05, 0) is 25.0 Å². The van der Waals surface area contributed by atoms with Crippen molar-refractivity contribution in [1.29, 1.82) is 0 Å². The molecule has 1 saturated carbocycles. The molecule has 0 aliphatic heterocycles. The van der Waals surface area contributed by atoms with E-state index in [2.05, 4.69) is 15.1 Å². The number of carbonyl (C=O) groups is 1. The summed E-state index contributed by atoms with van der Waals surface area (Å²) in [5.74, 6) is 2.05. The van der Waals surface area contributed by atoms with E-state index >= 15 is 0 Å². The highest BCUT2D eigenvalue weighted by molar-refractivity contribution is 8.00. The SMILES string of the molecule is CN(C)C(=O)CSc1ncccc1-c1noc(C2CCC2)n1. The Hall–Kier alpha value is -1.89. The number of thioether (sulfide) groups is 1. The van der Waals surface area contributed by atoms with Crippen LogP contribution in [0, 0.1) is 0 Å². The van der Waals surface area contributed by atoms with Crippen molar-refractivity contribution in [3.05, 3.63) is 24.2 Å². The predicted molar refractivity (Wildman–Crippen MR) is 83.5 cm³/mol. The number of carbonyl (C=O) groups excluding carboxylic acids is 1. The molecule has 0 spiro atoms. The first-order chi connectivity index (χ1) is 10.6. The summed E-state index contributed by atoms with van der Waals surface area (Å²) in [6, 6.07) is 3.75. The number of hydrogen-bond acceptors (Lipinski definition) is 6. The zero-order valence-electron chi connectivity index (χ0n) is 12.7. The predicted octanol–water partition coefficient (Wildman–Crippen LogP) is 2.58. The Bertz CT molecular complexity index is 667. The minimum Gasteiger partial charge on any atom is -0.348 e. The molecule has 0 aromatic carbocycles. The van der Waals surface area contributed by atoms with E-state index < -0.39 is 0 Å².